The SMILES string of the molecule is O=C(O)CC1CSCCN1C(=O)c1[nH]c2ccccc2c1Cl. The van der Waals surface area contributed by atoms with Crippen molar-refractivity contribution in [1.82, 2.24) is 9.88 Å². The Kier molecular flexibility index (Phi) is 4.31. The van der Waals surface area contributed by atoms with Crippen molar-refractivity contribution in [2.45, 2.75) is 12.5 Å². The lowest BCUT2D eigenvalue weighted by Gasteiger charge is -2.34. The van der Waals surface area contributed by atoms with Gasteiger partial charge in [-0.15, -0.1) is 0 Å². The minimum atomic E-state index is -0.895. The number of carbonyl (C=O) groups excluding carboxylic acids is 1. The second-order valence-corrected chi connectivity index (χ2v) is 6.71. The van der Waals surface area contributed by atoms with E-state index in [4.69, 9.17) is 16.7 Å². The van der Waals surface area contributed by atoms with E-state index in [1.165, 1.54) is 0 Å². The van der Waals surface area contributed by atoms with Gasteiger partial charge < -0.3 is 15.0 Å². The second-order valence-electron chi connectivity index (χ2n) is 5.18. The molecule has 0 spiro atoms. The van der Waals surface area contributed by atoms with Crippen LogP contribution in [0, 0.1) is 0 Å². The van der Waals surface area contributed by atoms with Gasteiger partial charge in [-0.05, 0) is 6.07 Å². The van der Waals surface area contributed by atoms with E-state index in [2.05, 4.69) is 4.98 Å². The van der Waals surface area contributed by atoms with Crippen LogP contribution in [0.1, 0.15) is 16.9 Å². The molecule has 1 fully saturated rings. The van der Waals surface area contributed by atoms with Gasteiger partial charge in [-0.3, -0.25) is 9.59 Å². The van der Waals surface area contributed by atoms with Crippen molar-refractivity contribution in [2.75, 3.05) is 18.1 Å². The number of nitrogens with one attached hydrogen (secondary N) is 1. The number of rotatable bonds is 3. The van der Waals surface area contributed by atoms with Crippen molar-refractivity contribution in [3.63, 3.8) is 0 Å². The number of aliphatic carboxylic acids is 1. The molecule has 2 N–H and O–H groups in total. The number of carbonyl (C=O) groups is 2. The van der Waals surface area contributed by atoms with Crippen molar-refractivity contribution in [2.24, 2.45) is 0 Å². The van der Waals surface area contributed by atoms with E-state index in [1.54, 1.807) is 16.7 Å². The van der Waals surface area contributed by atoms with Crippen molar-refractivity contribution >= 4 is 46.1 Å². The minimum Gasteiger partial charge on any atom is -0.481 e. The molecule has 5 nitrogen and oxygen atoms in total. The van der Waals surface area contributed by atoms with Crippen LogP contribution in [0.3, 0.4) is 0 Å². The third-order valence-corrected chi connectivity index (χ3v) is 5.24. The molecule has 1 aromatic carbocycles. The van der Waals surface area contributed by atoms with Crippen molar-refractivity contribution in [1.29, 1.82) is 0 Å². The molecule has 1 aliphatic rings. The van der Waals surface area contributed by atoms with Crippen LogP contribution in [0.5, 0.6) is 0 Å². The Hall–Kier alpha value is -1.66. The van der Waals surface area contributed by atoms with E-state index in [1.807, 2.05) is 24.3 Å². The summed E-state index contributed by atoms with van der Waals surface area (Å²) in [6.45, 7) is 0.535. The number of amides is 1. The van der Waals surface area contributed by atoms with Gasteiger partial charge in [0, 0.05) is 29.0 Å². The molecule has 116 valence electrons. The highest BCUT2D eigenvalue weighted by Crippen LogP contribution is 2.30. The van der Waals surface area contributed by atoms with Gasteiger partial charge in [-0.1, -0.05) is 29.8 Å². The summed E-state index contributed by atoms with van der Waals surface area (Å²) in [5.41, 5.74) is 1.14. The second kappa shape index (κ2) is 6.22. The van der Waals surface area contributed by atoms with E-state index in [9.17, 15) is 9.59 Å². The molecule has 1 aromatic heterocycles. The number of H-pyrrole nitrogens is 1. The number of hydrogen-bond donors (Lipinski definition) is 2. The van der Waals surface area contributed by atoms with Crippen LogP contribution >= 0.6 is 23.4 Å². The number of aromatic nitrogens is 1. The summed E-state index contributed by atoms with van der Waals surface area (Å²) in [5.74, 6) is 0.316. The molecule has 1 amide bonds. The molecule has 22 heavy (non-hydrogen) atoms. The van der Waals surface area contributed by atoms with Gasteiger partial charge in [0.25, 0.3) is 5.91 Å². The van der Waals surface area contributed by atoms with Crippen LogP contribution in [-0.2, 0) is 4.79 Å². The Bertz CT molecular complexity index is 731. The lowest BCUT2D eigenvalue weighted by atomic mass is 10.1. The molecule has 7 heteroatoms. The molecular weight excluding hydrogens is 324 g/mol. The lowest BCUT2D eigenvalue weighted by Crippen LogP contribution is -2.47. The number of thioether (sulfide) groups is 1. The monoisotopic (exact) mass is 338 g/mol. The Morgan fingerprint density at radius 1 is 1.41 bits per heavy atom. The fraction of sp³-hybridized carbons (Fsp3) is 0.333. The number of nitrogens with zero attached hydrogens (tertiary/aromatic N) is 1. The predicted molar refractivity (Wildman–Crippen MR) is 87.7 cm³/mol. The smallest absolute Gasteiger partial charge is 0.305 e. The Morgan fingerprint density at radius 2 is 2.18 bits per heavy atom. The van der Waals surface area contributed by atoms with Gasteiger partial charge in [0.1, 0.15) is 5.69 Å². The molecule has 2 aromatic rings. The van der Waals surface area contributed by atoms with Gasteiger partial charge in [0.15, 0.2) is 0 Å². The standard InChI is InChI=1S/C15H15ClN2O3S/c16-13-10-3-1-2-4-11(10)17-14(13)15(21)18-5-6-22-8-9(18)7-12(19)20/h1-4,9,17H,5-8H2,(H,19,20). The van der Waals surface area contributed by atoms with Gasteiger partial charge >= 0.3 is 5.97 Å². The van der Waals surface area contributed by atoms with Crippen LogP contribution in [0.25, 0.3) is 10.9 Å². The maximum atomic E-state index is 12.8. The number of aromatic amines is 1. The highest BCUT2D eigenvalue weighted by atomic mass is 35.5. The van der Waals surface area contributed by atoms with Crippen molar-refractivity contribution in [3.8, 4) is 0 Å². The van der Waals surface area contributed by atoms with E-state index in [-0.39, 0.29) is 18.4 Å². The first-order chi connectivity index (χ1) is 10.6. The number of benzene rings is 1. The Morgan fingerprint density at radius 3 is 2.91 bits per heavy atom. The molecule has 2 heterocycles. The quantitative estimate of drug-likeness (QED) is 0.902. The molecule has 0 radical (unpaired) electrons. The number of fused-ring (bicyclic) bond motifs is 1. The summed E-state index contributed by atoms with van der Waals surface area (Å²) in [6, 6.07) is 7.14. The van der Waals surface area contributed by atoms with Crippen LogP contribution < -0.4 is 0 Å². The predicted octanol–water partition coefficient (Wildman–Crippen LogP) is 2.85. The summed E-state index contributed by atoms with van der Waals surface area (Å²) >= 11 is 7.99. The van der Waals surface area contributed by atoms with E-state index in [0.29, 0.717) is 23.0 Å². The first-order valence-electron chi connectivity index (χ1n) is 6.94. The summed E-state index contributed by atoms with van der Waals surface area (Å²) in [4.78, 5) is 28.5. The van der Waals surface area contributed by atoms with E-state index in [0.717, 1.165) is 16.7 Å². The average Bonchev–Trinajstić information content (AvgIpc) is 2.84. The Labute approximate surface area is 136 Å². The molecule has 0 bridgehead atoms. The number of para-hydroxylation sites is 1. The first-order valence-corrected chi connectivity index (χ1v) is 8.48. The zero-order valence-electron chi connectivity index (χ0n) is 11.7. The maximum absolute atomic E-state index is 12.8. The molecule has 1 aliphatic heterocycles. The summed E-state index contributed by atoms with van der Waals surface area (Å²) in [6.07, 6.45) is -0.0451. The van der Waals surface area contributed by atoms with Crippen molar-refractivity contribution in [3.05, 3.63) is 35.0 Å². The van der Waals surface area contributed by atoms with E-state index >= 15 is 0 Å². The third-order valence-electron chi connectivity index (χ3n) is 3.76. The molecule has 3 rings (SSSR count). The molecule has 1 saturated heterocycles. The highest BCUT2D eigenvalue weighted by Gasteiger charge is 2.31. The third kappa shape index (κ3) is 2.80. The van der Waals surface area contributed by atoms with Gasteiger partial charge in [-0.2, -0.15) is 11.8 Å². The van der Waals surface area contributed by atoms with Crippen LogP contribution in [0.15, 0.2) is 24.3 Å². The lowest BCUT2D eigenvalue weighted by molar-refractivity contribution is -0.138. The fourth-order valence-electron chi connectivity index (χ4n) is 2.69. The molecule has 1 atom stereocenters. The van der Waals surface area contributed by atoms with Crippen LogP contribution in [0.4, 0.5) is 0 Å². The fourth-order valence-corrected chi connectivity index (χ4v) is 4.05. The summed E-state index contributed by atoms with van der Waals surface area (Å²) in [5, 5.41) is 10.2. The number of carboxylic acids is 1. The van der Waals surface area contributed by atoms with E-state index < -0.39 is 5.97 Å². The topological polar surface area (TPSA) is 73.4 Å². The average molecular weight is 339 g/mol. The number of halogens is 1. The van der Waals surface area contributed by atoms with Gasteiger partial charge in [-0.25, -0.2) is 0 Å². The maximum Gasteiger partial charge on any atom is 0.305 e. The zero-order valence-corrected chi connectivity index (χ0v) is 13.3. The van der Waals surface area contributed by atoms with Crippen molar-refractivity contribution < 1.29 is 14.7 Å². The largest absolute Gasteiger partial charge is 0.481 e. The first kappa shape index (κ1) is 15.2. The Balaban J connectivity index is 1.93. The van der Waals surface area contributed by atoms with Gasteiger partial charge in [0.05, 0.1) is 17.5 Å². The highest BCUT2D eigenvalue weighted by molar-refractivity contribution is 7.99. The van der Waals surface area contributed by atoms with Crippen LogP contribution in [0.2, 0.25) is 5.02 Å². The molecule has 0 saturated carbocycles. The van der Waals surface area contributed by atoms with Gasteiger partial charge in [0.2, 0.25) is 0 Å². The summed E-state index contributed by atoms with van der Waals surface area (Å²) in [7, 11) is 0. The zero-order chi connectivity index (χ0) is 15.7. The van der Waals surface area contributed by atoms with Crippen LogP contribution in [-0.4, -0.2) is 51.0 Å². The number of hydrogen-bond acceptors (Lipinski definition) is 3. The molecule has 0 aliphatic carbocycles. The summed E-state index contributed by atoms with van der Waals surface area (Å²) < 4.78 is 0. The molecule has 1 unspecified atom stereocenters. The normalized spacial score (nSPS) is 18.6. The number of carboxylic acid groups (broad SMARTS) is 1. The minimum absolute atomic E-state index is 0.0451. The molecular formula is C15H15ClN2O3S.